The Balaban J connectivity index is 2.28. The van der Waals surface area contributed by atoms with Crippen LogP contribution in [0.2, 0.25) is 0 Å². The van der Waals surface area contributed by atoms with Gasteiger partial charge < -0.3 is 18.9 Å². The van der Waals surface area contributed by atoms with Crippen LogP contribution in [0.15, 0.2) is 0 Å². The zero-order valence-electron chi connectivity index (χ0n) is 16.7. The Morgan fingerprint density at radius 1 is 0.692 bits per heavy atom. The Kier molecular flexibility index (Phi) is 12.3. The van der Waals surface area contributed by atoms with Gasteiger partial charge in [0.2, 0.25) is 0 Å². The maximum atomic E-state index is 12.0. The summed E-state index contributed by atoms with van der Waals surface area (Å²) in [5, 5.41) is 0. The van der Waals surface area contributed by atoms with Crippen LogP contribution in [0.3, 0.4) is 0 Å². The minimum absolute atomic E-state index is 0.233. The van der Waals surface area contributed by atoms with Gasteiger partial charge in [-0.3, -0.25) is 0 Å². The van der Waals surface area contributed by atoms with Gasteiger partial charge >= 0.3 is 11.9 Å². The van der Waals surface area contributed by atoms with E-state index in [0.717, 1.165) is 12.8 Å². The quantitative estimate of drug-likeness (QED) is 0.337. The Morgan fingerprint density at radius 3 is 1.54 bits per heavy atom. The molecule has 2 unspecified atom stereocenters. The molecule has 0 aromatic carbocycles. The van der Waals surface area contributed by atoms with Crippen molar-refractivity contribution in [2.24, 2.45) is 0 Å². The van der Waals surface area contributed by atoms with E-state index in [4.69, 9.17) is 18.9 Å². The number of ether oxygens (including phenoxy) is 4. The maximum Gasteiger partial charge on any atom is 0.338 e. The predicted octanol–water partition coefficient (Wildman–Crippen LogP) is 4.14. The summed E-state index contributed by atoms with van der Waals surface area (Å²) in [4.78, 5) is 24.0. The maximum absolute atomic E-state index is 12.0. The summed E-state index contributed by atoms with van der Waals surface area (Å²) in [6.07, 6.45) is 9.13. The van der Waals surface area contributed by atoms with Crippen molar-refractivity contribution in [3.05, 3.63) is 0 Å². The second kappa shape index (κ2) is 14.0. The van der Waals surface area contributed by atoms with Gasteiger partial charge in [0, 0.05) is 0 Å². The molecule has 6 heteroatoms. The third-order valence-electron chi connectivity index (χ3n) is 4.45. The molecule has 0 N–H and O–H groups in total. The second-order valence-electron chi connectivity index (χ2n) is 6.66. The Morgan fingerprint density at radius 2 is 1.12 bits per heavy atom. The molecule has 26 heavy (non-hydrogen) atoms. The molecule has 1 aliphatic heterocycles. The normalized spacial score (nSPS) is 22.3. The van der Waals surface area contributed by atoms with Gasteiger partial charge in [0.15, 0.2) is 18.5 Å². The molecule has 6 nitrogen and oxygen atoms in total. The molecule has 1 saturated heterocycles. The Bertz CT molecular complexity index is 372. The van der Waals surface area contributed by atoms with Crippen LogP contribution in [0, 0.1) is 0 Å². The van der Waals surface area contributed by atoms with Gasteiger partial charge in [-0.1, -0.05) is 58.3 Å². The fourth-order valence-electron chi connectivity index (χ4n) is 3.07. The van der Waals surface area contributed by atoms with Gasteiger partial charge in [0.1, 0.15) is 0 Å². The first-order valence-electron chi connectivity index (χ1n) is 10.3. The number of unbranched alkanes of at least 4 members (excludes halogenated alkanes) is 8. The molecule has 1 heterocycles. The fraction of sp³-hybridized carbons (Fsp3) is 0.900. The van der Waals surface area contributed by atoms with Crippen LogP contribution in [-0.2, 0) is 28.5 Å². The fourth-order valence-corrected chi connectivity index (χ4v) is 3.07. The molecular weight excluding hydrogens is 336 g/mol. The summed E-state index contributed by atoms with van der Waals surface area (Å²) in [5.74, 6) is -1.14. The lowest BCUT2D eigenvalue weighted by Gasteiger charge is -2.13. The molecule has 0 aliphatic carbocycles. The van der Waals surface area contributed by atoms with Crippen LogP contribution in [0.1, 0.15) is 85.0 Å². The van der Waals surface area contributed by atoms with Crippen LogP contribution in [0.25, 0.3) is 0 Å². The van der Waals surface area contributed by atoms with E-state index >= 15 is 0 Å². The lowest BCUT2D eigenvalue weighted by molar-refractivity contribution is -0.163. The zero-order valence-corrected chi connectivity index (χ0v) is 16.7. The molecule has 1 rings (SSSR count). The number of esters is 2. The van der Waals surface area contributed by atoms with E-state index in [1.54, 1.807) is 13.8 Å². The smallest absolute Gasteiger partial charge is 0.338 e. The van der Waals surface area contributed by atoms with E-state index in [2.05, 4.69) is 6.92 Å². The van der Waals surface area contributed by atoms with Gasteiger partial charge in [-0.2, -0.15) is 0 Å². The molecule has 1 aliphatic rings. The summed E-state index contributed by atoms with van der Waals surface area (Å²) in [6, 6.07) is 0. The SMILES string of the molecule is CCCCCCCCCCCC1OC(C(=O)OCC)C(C(=O)OCC)O1. The van der Waals surface area contributed by atoms with Crippen molar-refractivity contribution < 1.29 is 28.5 Å². The highest BCUT2D eigenvalue weighted by molar-refractivity contribution is 5.86. The summed E-state index contributed by atoms with van der Waals surface area (Å²) in [7, 11) is 0. The van der Waals surface area contributed by atoms with Crippen LogP contribution in [0.5, 0.6) is 0 Å². The van der Waals surface area contributed by atoms with Gasteiger partial charge in [-0.15, -0.1) is 0 Å². The minimum atomic E-state index is -1.03. The van der Waals surface area contributed by atoms with E-state index in [0.29, 0.717) is 6.42 Å². The molecule has 1 fully saturated rings. The van der Waals surface area contributed by atoms with Crippen molar-refractivity contribution in [3.63, 3.8) is 0 Å². The Labute approximate surface area is 157 Å². The first-order valence-corrected chi connectivity index (χ1v) is 10.3. The second-order valence-corrected chi connectivity index (χ2v) is 6.66. The van der Waals surface area contributed by atoms with Crippen LogP contribution in [-0.4, -0.2) is 43.7 Å². The first kappa shape index (κ1) is 22.9. The standard InChI is InChI=1S/C20H36O6/c1-4-7-8-9-10-11-12-13-14-15-16-25-17(19(21)23-5-2)18(26-16)20(22)24-6-3/h16-18H,4-15H2,1-3H3. The predicted molar refractivity (Wildman–Crippen MR) is 98.6 cm³/mol. The number of carbonyl (C=O) groups is 2. The van der Waals surface area contributed by atoms with Gasteiger partial charge in [-0.05, 0) is 26.7 Å². The summed E-state index contributed by atoms with van der Waals surface area (Å²) < 4.78 is 21.2. The topological polar surface area (TPSA) is 71.1 Å². The van der Waals surface area contributed by atoms with Crippen LogP contribution in [0.4, 0.5) is 0 Å². The number of hydrogen-bond donors (Lipinski definition) is 0. The monoisotopic (exact) mass is 372 g/mol. The van der Waals surface area contributed by atoms with Crippen LogP contribution < -0.4 is 0 Å². The average Bonchev–Trinajstić information content (AvgIpc) is 3.05. The van der Waals surface area contributed by atoms with Gasteiger partial charge in [0.25, 0.3) is 0 Å². The highest BCUT2D eigenvalue weighted by Crippen LogP contribution is 2.25. The molecule has 2 atom stereocenters. The molecule has 0 saturated carbocycles. The average molecular weight is 373 g/mol. The van der Waals surface area contributed by atoms with Crippen molar-refractivity contribution in [2.45, 2.75) is 103 Å². The minimum Gasteiger partial charge on any atom is -0.464 e. The van der Waals surface area contributed by atoms with Crippen LogP contribution >= 0.6 is 0 Å². The van der Waals surface area contributed by atoms with Crippen molar-refractivity contribution in [2.75, 3.05) is 13.2 Å². The van der Waals surface area contributed by atoms with Crippen molar-refractivity contribution in [1.29, 1.82) is 0 Å². The molecule has 0 aromatic heterocycles. The molecular formula is C20H36O6. The van der Waals surface area contributed by atoms with E-state index in [9.17, 15) is 9.59 Å². The molecule has 0 bridgehead atoms. The molecule has 0 radical (unpaired) electrons. The Hall–Kier alpha value is -1.14. The first-order chi connectivity index (χ1) is 12.6. The largest absolute Gasteiger partial charge is 0.464 e. The third kappa shape index (κ3) is 8.49. The van der Waals surface area contributed by atoms with Gasteiger partial charge in [0.05, 0.1) is 13.2 Å². The lowest BCUT2D eigenvalue weighted by atomic mass is 10.1. The van der Waals surface area contributed by atoms with Crippen molar-refractivity contribution in [1.82, 2.24) is 0 Å². The van der Waals surface area contributed by atoms with E-state index in [1.165, 1.54) is 44.9 Å². The van der Waals surface area contributed by atoms with E-state index in [1.807, 2.05) is 0 Å². The van der Waals surface area contributed by atoms with Crippen molar-refractivity contribution in [3.8, 4) is 0 Å². The number of rotatable bonds is 14. The van der Waals surface area contributed by atoms with Gasteiger partial charge in [-0.25, -0.2) is 9.59 Å². The highest BCUT2D eigenvalue weighted by atomic mass is 16.8. The molecule has 0 spiro atoms. The van der Waals surface area contributed by atoms with Crippen molar-refractivity contribution >= 4 is 11.9 Å². The highest BCUT2D eigenvalue weighted by Gasteiger charge is 2.46. The number of carbonyl (C=O) groups excluding carboxylic acids is 2. The third-order valence-corrected chi connectivity index (χ3v) is 4.45. The van der Waals surface area contributed by atoms with E-state index < -0.39 is 30.4 Å². The molecule has 152 valence electrons. The summed E-state index contributed by atoms with van der Waals surface area (Å²) >= 11 is 0. The van der Waals surface area contributed by atoms with E-state index in [-0.39, 0.29) is 13.2 Å². The molecule has 0 aromatic rings. The zero-order chi connectivity index (χ0) is 19.2. The lowest BCUT2D eigenvalue weighted by Crippen LogP contribution is -2.39. The summed E-state index contributed by atoms with van der Waals surface area (Å²) in [5.41, 5.74) is 0. The summed E-state index contributed by atoms with van der Waals surface area (Å²) in [6.45, 7) is 6.13. The molecule has 0 amide bonds. The number of hydrogen-bond acceptors (Lipinski definition) is 6.